The lowest BCUT2D eigenvalue weighted by Crippen LogP contribution is -2.32. The minimum Gasteiger partial charge on any atom is -0.392 e. The summed E-state index contributed by atoms with van der Waals surface area (Å²) in [6.45, 7) is 11.3. The van der Waals surface area contributed by atoms with Crippen LogP contribution in [0.25, 0.3) is 0 Å². The second-order valence-electron chi connectivity index (χ2n) is 5.29. The van der Waals surface area contributed by atoms with E-state index in [4.69, 9.17) is 0 Å². The van der Waals surface area contributed by atoms with Crippen LogP contribution in [0.3, 0.4) is 0 Å². The Labute approximate surface area is 106 Å². The highest BCUT2D eigenvalue weighted by atomic mass is 16.3. The molecular formula is C14H28N2O. The largest absolute Gasteiger partial charge is 0.392 e. The molecule has 17 heavy (non-hydrogen) atoms. The van der Waals surface area contributed by atoms with Gasteiger partial charge in [0.2, 0.25) is 0 Å². The summed E-state index contributed by atoms with van der Waals surface area (Å²) < 4.78 is 0. The number of β-amino-alcohol motifs (C(OH)–C–C–N with tert-alkyl or cyclic N) is 1. The molecule has 1 fully saturated rings. The van der Waals surface area contributed by atoms with Gasteiger partial charge in [0.15, 0.2) is 0 Å². The highest BCUT2D eigenvalue weighted by Crippen LogP contribution is 2.17. The van der Waals surface area contributed by atoms with Gasteiger partial charge in [-0.25, -0.2) is 0 Å². The number of rotatable bonds is 8. The average Bonchev–Trinajstić information content (AvgIpc) is 2.73. The molecule has 0 bridgehead atoms. The van der Waals surface area contributed by atoms with Crippen molar-refractivity contribution < 1.29 is 5.11 Å². The van der Waals surface area contributed by atoms with Gasteiger partial charge in [-0.2, -0.15) is 0 Å². The summed E-state index contributed by atoms with van der Waals surface area (Å²) in [4.78, 5) is 4.78. The van der Waals surface area contributed by atoms with Crippen LogP contribution in [0.4, 0.5) is 0 Å². The quantitative estimate of drug-likeness (QED) is 0.653. The lowest BCUT2D eigenvalue weighted by atomic mass is 10.1. The Morgan fingerprint density at radius 3 is 3.00 bits per heavy atom. The highest BCUT2D eigenvalue weighted by molar-refractivity contribution is 4.80. The molecular weight excluding hydrogens is 212 g/mol. The van der Waals surface area contributed by atoms with Gasteiger partial charge in [-0.15, -0.1) is 6.58 Å². The third kappa shape index (κ3) is 5.66. The van der Waals surface area contributed by atoms with E-state index in [9.17, 15) is 5.11 Å². The summed E-state index contributed by atoms with van der Waals surface area (Å²) in [6, 6.07) is 0. The Hall–Kier alpha value is -0.380. The first-order valence-corrected chi connectivity index (χ1v) is 6.85. The fourth-order valence-corrected chi connectivity index (χ4v) is 2.50. The van der Waals surface area contributed by atoms with E-state index in [1.54, 1.807) is 0 Å². The molecule has 0 aromatic rings. The minimum absolute atomic E-state index is 0.185. The van der Waals surface area contributed by atoms with E-state index in [0.717, 1.165) is 44.9 Å². The topological polar surface area (TPSA) is 26.7 Å². The van der Waals surface area contributed by atoms with Crippen molar-refractivity contribution in [3.63, 3.8) is 0 Å². The molecule has 1 N–H and O–H groups in total. The molecule has 1 aliphatic heterocycles. The van der Waals surface area contributed by atoms with E-state index in [-0.39, 0.29) is 6.10 Å². The third-order valence-electron chi connectivity index (χ3n) is 3.65. The van der Waals surface area contributed by atoms with Gasteiger partial charge in [0, 0.05) is 19.6 Å². The number of nitrogens with zero attached hydrogens (tertiary/aromatic N) is 2. The Kier molecular flexibility index (Phi) is 6.78. The van der Waals surface area contributed by atoms with E-state index in [1.807, 2.05) is 6.08 Å². The van der Waals surface area contributed by atoms with Crippen LogP contribution in [0.5, 0.6) is 0 Å². The third-order valence-corrected chi connectivity index (χ3v) is 3.65. The van der Waals surface area contributed by atoms with E-state index < -0.39 is 0 Å². The molecule has 2 unspecified atom stereocenters. The summed E-state index contributed by atoms with van der Waals surface area (Å²) in [7, 11) is 2.18. The molecule has 1 heterocycles. The van der Waals surface area contributed by atoms with Crippen LogP contribution < -0.4 is 0 Å². The molecule has 3 heteroatoms. The van der Waals surface area contributed by atoms with Gasteiger partial charge in [-0.05, 0) is 45.3 Å². The van der Waals surface area contributed by atoms with Crippen molar-refractivity contribution in [2.45, 2.75) is 32.3 Å². The van der Waals surface area contributed by atoms with Crippen molar-refractivity contribution in [3.8, 4) is 0 Å². The predicted octanol–water partition coefficient (Wildman–Crippen LogP) is 1.59. The van der Waals surface area contributed by atoms with Gasteiger partial charge >= 0.3 is 0 Å². The highest BCUT2D eigenvalue weighted by Gasteiger charge is 2.24. The molecule has 0 aromatic carbocycles. The molecule has 1 aliphatic rings. The lowest BCUT2D eigenvalue weighted by molar-refractivity contribution is 0.115. The standard InChI is InChI=1S/C14H28N2O/c1-4-6-7-14(17)12-16-9-8-13(11-16)10-15(3)5-2/h4,13-14,17H,1,5-12H2,2-3H3. The molecule has 0 spiro atoms. The molecule has 0 saturated carbocycles. The molecule has 2 atom stereocenters. The van der Waals surface area contributed by atoms with Crippen LogP contribution in [0.2, 0.25) is 0 Å². The predicted molar refractivity (Wildman–Crippen MR) is 73.2 cm³/mol. The molecule has 3 nitrogen and oxygen atoms in total. The summed E-state index contributed by atoms with van der Waals surface area (Å²) in [5.41, 5.74) is 0. The molecule has 100 valence electrons. The first-order chi connectivity index (χ1) is 8.15. The molecule has 0 amide bonds. The Morgan fingerprint density at radius 2 is 2.35 bits per heavy atom. The molecule has 0 radical (unpaired) electrons. The maximum atomic E-state index is 9.86. The van der Waals surface area contributed by atoms with Gasteiger partial charge in [-0.1, -0.05) is 13.0 Å². The number of aliphatic hydroxyl groups excluding tert-OH is 1. The Balaban J connectivity index is 2.18. The molecule has 1 saturated heterocycles. The zero-order valence-corrected chi connectivity index (χ0v) is 11.4. The summed E-state index contributed by atoms with van der Waals surface area (Å²) >= 11 is 0. The van der Waals surface area contributed by atoms with Gasteiger partial charge in [-0.3, -0.25) is 0 Å². The second kappa shape index (κ2) is 7.85. The zero-order chi connectivity index (χ0) is 12.7. The van der Waals surface area contributed by atoms with Crippen molar-refractivity contribution in [3.05, 3.63) is 12.7 Å². The SMILES string of the molecule is C=CCCC(O)CN1CCC(CN(C)CC)C1. The van der Waals surface area contributed by atoms with E-state index in [2.05, 4.69) is 30.4 Å². The maximum absolute atomic E-state index is 9.86. The maximum Gasteiger partial charge on any atom is 0.0670 e. The number of allylic oxidation sites excluding steroid dienone is 1. The molecule has 1 rings (SSSR count). The second-order valence-corrected chi connectivity index (χ2v) is 5.29. The van der Waals surface area contributed by atoms with Crippen LogP contribution in [0.15, 0.2) is 12.7 Å². The van der Waals surface area contributed by atoms with Crippen LogP contribution >= 0.6 is 0 Å². The number of hydrogen-bond acceptors (Lipinski definition) is 3. The van der Waals surface area contributed by atoms with Gasteiger partial charge in [0.25, 0.3) is 0 Å². The van der Waals surface area contributed by atoms with E-state index >= 15 is 0 Å². The Bertz CT molecular complexity index is 220. The van der Waals surface area contributed by atoms with Crippen molar-refractivity contribution >= 4 is 0 Å². The van der Waals surface area contributed by atoms with Gasteiger partial charge in [0.1, 0.15) is 0 Å². The van der Waals surface area contributed by atoms with Crippen molar-refractivity contribution in [1.29, 1.82) is 0 Å². The van der Waals surface area contributed by atoms with Crippen molar-refractivity contribution in [1.82, 2.24) is 9.80 Å². The fourth-order valence-electron chi connectivity index (χ4n) is 2.50. The van der Waals surface area contributed by atoms with Crippen molar-refractivity contribution in [2.24, 2.45) is 5.92 Å². The van der Waals surface area contributed by atoms with Crippen LogP contribution in [0, 0.1) is 5.92 Å². The number of hydrogen-bond donors (Lipinski definition) is 1. The number of likely N-dealkylation sites (tertiary alicyclic amines) is 1. The van der Waals surface area contributed by atoms with Crippen LogP contribution in [-0.4, -0.2) is 60.8 Å². The molecule has 0 aliphatic carbocycles. The van der Waals surface area contributed by atoms with Gasteiger partial charge < -0.3 is 14.9 Å². The lowest BCUT2D eigenvalue weighted by Gasteiger charge is -2.21. The monoisotopic (exact) mass is 240 g/mol. The Morgan fingerprint density at radius 1 is 1.59 bits per heavy atom. The fraction of sp³-hybridized carbons (Fsp3) is 0.857. The first-order valence-electron chi connectivity index (χ1n) is 6.85. The number of aliphatic hydroxyl groups is 1. The van der Waals surface area contributed by atoms with Crippen LogP contribution in [-0.2, 0) is 0 Å². The van der Waals surface area contributed by atoms with E-state index in [1.165, 1.54) is 13.0 Å². The summed E-state index contributed by atoms with van der Waals surface area (Å²) in [5.74, 6) is 0.784. The summed E-state index contributed by atoms with van der Waals surface area (Å²) in [5, 5.41) is 9.86. The first kappa shape index (κ1) is 14.7. The normalized spacial score (nSPS) is 23.2. The van der Waals surface area contributed by atoms with Crippen LogP contribution in [0.1, 0.15) is 26.2 Å². The molecule has 0 aromatic heterocycles. The van der Waals surface area contributed by atoms with Crippen molar-refractivity contribution in [2.75, 3.05) is 39.8 Å². The minimum atomic E-state index is -0.185. The smallest absolute Gasteiger partial charge is 0.0670 e. The summed E-state index contributed by atoms with van der Waals surface area (Å²) in [6.07, 6.45) is 4.73. The van der Waals surface area contributed by atoms with E-state index in [0.29, 0.717) is 0 Å². The van der Waals surface area contributed by atoms with Gasteiger partial charge in [0.05, 0.1) is 6.10 Å². The zero-order valence-electron chi connectivity index (χ0n) is 11.4. The average molecular weight is 240 g/mol.